The molecule has 7 heteroatoms. The predicted molar refractivity (Wildman–Crippen MR) is 155 cm³/mol. The number of carbonyl (C=O) groups is 1. The number of hydrogen-bond donors (Lipinski definition) is 1. The lowest BCUT2D eigenvalue weighted by atomic mass is 9.90. The highest BCUT2D eigenvalue weighted by atomic mass is 19.1. The molecule has 206 valence electrons. The molecule has 2 fully saturated rings. The van der Waals surface area contributed by atoms with E-state index < -0.39 is 0 Å². The molecule has 6 nitrogen and oxygen atoms in total. The summed E-state index contributed by atoms with van der Waals surface area (Å²) in [6.45, 7) is 8.84. The van der Waals surface area contributed by atoms with E-state index in [9.17, 15) is 9.18 Å². The lowest BCUT2D eigenvalue weighted by Gasteiger charge is -2.35. The number of benzene rings is 2. The van der Waals surface area contributed by atoms with Gasteiger partial charge in [0.2, 0.25) is 0 Å². The molecular weight excluding hydrogens is 501 g/mol. The summed E-state index contributed by atoms with van der Waals surface area (Å²) in [4.78, 5) is 22.0. The fraction of sp³-hybridized carbons (Fsp3) is 0.364. The fourth-order valence-electron chi connectivity index (χ4n) is 5.68. The summed E-state index contributed by atoms with van der Waals surface area (Å²) in [6.07, 6.45) is 6.65. The third-order valence-electron chi connectivity index (χ3n) is 8.18. The maximum Gasteiger partial charge on any atom is 0.270 e. The van der Waals surface area contributed by atoms with Crippen molar-refractivity contribution in [2.75, 3.05) is 26.2 Å². The Balaban J connectivity index is 1.05. The highest BCUT2D eigenvalue weighted by Gasteiger charge is 2.23. The van der Waals surface area contributed by atoms with E-state index in [-0.39, 0.29) is 17.8 Å². The molecule has 1 amide bonds. The minimum absolute atomic E-state index is 0.135. The number of likely N-dealkylation sites (tertiary alicyclic amines) is 2. The van der Waals surface area contributed by atoms with Crippen LogP contribution in [-0.2, 0) is 13.0 Å². The number of hydrogen-bond acceptors (Lipinski definition) is 5. The molecule has 1 N–H and O–H groups in total. The van der Waals surface area contributed by atoms with E-state index in [0.29, 0.717) is 17.2 Å². The number of nitrogens with zero attached hydrogens (tertiary/aromatic N) is 4. The second-order valence-corrected chi connectivity index (χ2v) is 11.0. The molecular formula is C33H36FN5O. The van der Waals surface area contributed by atoms with Gasteiger partial charge in [-0.15, -0.1) is 0 Å². The maximum absolute atomic E-state index is 13.2. The average Bonchev–Trinajstić information content (AvgIpc) is 3.00. The van der Waals surface area contributed by atoms with Gasteiger partial charge < -0.3 is 10.2 Å². The van der Waals surface area contributed by atoms with Crippen LogP contribution >= 0.6 is 0 Å². The van der Waals surface area contributed by atoms with Crippen molar-refractivity contribution < 1.29 is 9.18 Å². The van der Waals surface area contributed by atoms with Crippen LogP contribution in [0.25, 0.3) is 5.70 Å². The SMILES string of the molecule is C=C(c1ccc(C(=O)NC2CCN(Cc3ccc(C#N)cc3)CC2)nc1)N1CCC(Cc2ccc(F)cc2)CC1. The molecule has 2 aliphatic rings. The highest BCUT2D eigenvalue weighted by Crippen LogP contribution is 2.27. The van der Waals surface area contributed by atoms with Crippen LogP contribution < -0.4 is 5.32 Å². The molecule has 2 saturated heterocycles. The number of pyridine rings is 1. The van der Waals surface area contributed by atoms with Crippen molar-refractivity contribution in [3.63, 3.8) is 0 Å². The van der Waals surface area contributed by atoms with Gasteiger partial charge in [-0.1, -0.05) is 30.8 Å². The summed E-state index contributed by atoms with van der Waals surface area (Å²) in [6, 6.07) is 20.6. The van der Waals surface area contributed by atoms with Crippen LogP contribution in [0, 0.1) is 23.1 Å². The molecule has 3 heterocycles. The molecule has 1 aromatic heterocycles. The Bertz CT molecular complexity index is 1330. The Labute approximate surface area is 236 Å². The molecule has 3 aromatic rings. The van der Waals surface area contributed by atoms with Gasteiger partial charge in [-0.05, 0) is 85.5 Å². The topological polar surface area (TPSA) is 72.3 Å². The van der Waals surface area contributed by atoms with E-state index in [4.69, 9.17) is 5.26 Å². The van der Waals surface area contributed by atoms with E-state index in [0.717, 1.165) is 76.1 Å². The van der Waals surface area contributed by atoms with Crippen LogP contribution in [0.5, 0.6) is 0 Å². The van der Waals surface area contributed by atoms with E-state index in [2.05, 4.69) is 32.7 Å². The zero-order chi connectivity index (χ0) is 27.9. The molecule has 2 aromatic carbocycles. The summed E-state index contributed by atoms with van der Waals surface area (Å²) in [5, 5.41) is 12.1. The van der Waals surface area contributed by atoms with Crippen molar-refractivity contribution in [1.29, 1.82) is 5.26 Å². The molecule has 40 heavy (non-hydrogen) atoms. The molecule has 0 saturated carbocycles. The first-order valence-corrected chi connectivity index (χ1v) is 14.1. The van der Waals surface area contributed by atoms with Gasteiger partial charge in [0.1, 0.15) is 11.5 Å². The van der Waals surface area contributed by atoms with Gasteiger partial charge in [-0.25, -0.2) is 4.39 Å². The minimum atomic E-state index is -0.190. The first kappa shape index (κ1) is 27.5. The second kappa shape index (κ2) is 12.9. The van der Waals surface area contributed by atoms with E-state index in [1.165, 1.54) is 23.3 Å². The monoisotopic (exact) mass is 537 g/mol. The van der Waals surface area contributed by atoms with Crippen LogP contribution in [0.4, 0.5) is 4.39 Å². The van der Waals surface area contributed by atoms with Crippen molar-refractivity contribution in [2.45, 2.75) is 44.7 Å². The lowest BCUT2D eigenvalue weighted by Crippen LogP contribution is -2.44. The summed E-state index contributed by atoms with van der Waals surface area (Å²) in [7, 11) is 0. The summed E-state index contributed by atoms with van der Waals surface area (Å²) in [5.41, 5.74) is 5.36. The summed E-state index contributed by atoms with van der Waals surface area (Å²) >= 11 is 0. The van der Waals surface area contributed by atoms with Crippen molar-refractivity contribution in [1.82, 2.24) is 20.1 Å². The largest absolute Gasteiger partial charge is 0.371 e. The molecule has 0 bridgehead atoms. The summed E-state index contributed by atoms with van der Waals surface area (Å²) < 4.78 is 13.2. The van der Waals surface area contributed by atoms with Crippen molar-refractivity contribution in [3.05, 3.63) is 107 Å². The Morgan fingerprint density at radius 1 is 0.950 bits per heavy atom. The molecule has 2 aliphatic heterocycles. The zero-order valence-corrected chi connectivity index (χ0v) is 22.9. The molecule has 0 radical (unpaired) electrons. The normalized spacial score (nSPS) is 16.9. The van der Waals surface area contributed by atoms with Crippen LogP contribution in [0.3, 0.4) is 0 Å². The van der Waals surface area contributed by atoms with E-state index in [1.54, 1.807) is 12.3 Å². The number of aromatic nitrogens is 1. The lowest BCUT2D eigenvalue weighted by molar-refractivity contribution is 0.0904. The van der Waals surface area contributed by atoms with Crippen LogP contribution in [0.1, 0.15) is 58.4 Å². The Morgan fingerprint density at radius 3 is 2.25 bits per heavy atom. The van der Waals surface area contributed by atoms with Crippen LogP contribution in [0.15, 0.2) is 73.4 Å². The molecule has 0 aliphatic carbocycles. The minimum Gasteiger partial charge on any atom is -0.371 e. The number of halogens is 1. The van der Waals surface area contributed by atoms with Crippen LogP contribution in [0.2, 0.25) is 0 Å². The predicted octanol–water partition coefficient (Wildman–Crippen LogP) is 5.41. The van der Waals surface area contributed by atoms with Gasteiger partial charge in [0.05, 0.1) is 11.6 Å². The number of rotatable bonds is 8. The maximum atomic E-state index is 13.2. The third-order valence-corrected chi connectivity index (χ3v) is 8.18. The van der Waals surface area contributed by atoms with Crippen molar-refractivity contribution in [2.24, 2.45) is 5.92 Å². The highest BCUT2D eigenvalue weighted by molar-refractivity contribution is 5.92. The smallest absolute Gasteiger partial charge is 0.270 e. The van der Waals surface area contributed by atoms with Crippen LogP contribution in [-0.4, -0.2) is 52.9 Å². The number of piperidine rings is 2. The molecule has 5 rings (SSSR count). The van der Waals surface area contributed by atoms with Gasteiger partial charge in [0, 0.05) is 56.2 Å². The molecule has 0 atom stereocenters. The fourth-order valence-corrected chi connectivity index (χ4v) is 5.68. The van der Waals surface area contributed by atoms with Gasteiger partial charge >= 0.3 is 0 Å². The first-order valence-electron chi connectivity index (χ1n) is 14.1. The number of carbonyl (C=O) groups excluding carboxylic acids is 1. The van der Waals surface area contributed by atoms with Crippen molar-refractivity contribution in [3.8, 4) is 6.07 Å². The Kier molecular flexibility index (Phi) is 8.87. The Hall–Kier alpha value is -4.02. The number of amides is 1. The van der Waals surface area contributed by atoms with E-state index >= 15 is 0 Å². The molecule has 0 unspecified atom stereocenters. The van der Waals surface area contributed by atoms with Crippen molar-refractivity contribution >= 4 is 11.6 Å². The Morgan fingerprint density at radius 2 is 1.62 bits per heavy atom. The van der Waals surface area contributed by atoms with Gasteiger partial charge in [0.15, 0.2) is 0 Å². The molecule has 0 spiro atoms. The van der Waals surface area contributed by atoms with Gasteiger partial charge in [-0.3, -0.25) is 14.7 Å². The summed E-state index contributed by atoms with van der Waals surface area (Å²) in [5.74, 6) is 0.260. The number of nitriles is 1. The quantitative estimate of drug-likeness (QED) is 0.416. The number of nitrogens with one attached hydrogen (secondary N) is 1. The third kappa shape index (κ3) is 7.13. The average molecular weight is 538 g/mol. The van der Waals surface area contributed by atoms with E-state index in [1.807, 2.05) is 42.5 Å². The first-order chi connectivity index (χ1) is 19.5. The standard InChI is InChI=1S/C33H36FN5O/c1-24(39-18-12-26(13-19-39)20-25-6-9-30(34)10-7-25)29-8-11-32(36-22-29)33(40)37-31-14-16-38(17-15-31)23-28-4-2-27(21-35)3-5-28/h2-11,22,26,31H,1,12-20,23H2,(H,37,40). The zero-order valence-electron chi connectivity index (χ0n) is 22.9. The van der Waals surface area contributed by atoms with Gasteiger partial charge in [-0.2, -0.15) is 5.26 Å². The second-order valence-electron chi connectivity index (χ2n) is 11.0. The van der Waals surface area contributed by atoms with Gasteiger partial charge in [0.25, 0.3) is 5.91 Å².